The molecule has 0 radical (unpaired) electrons. The summed E-state index contributed by atoms with van der Waals surface area (Å²) in [6.07, 6.45) is 7.92. The summed E-state index contributed by atoms with van der Waals surface area (Å²) < 4.78 is 0. The van der Waals surface area contributed by atoms with Crippen LogP contribution in [-0.2, 0) is 11.2 Å². The lowest BCUT2D eigenvalue weighted by Gasteiger charge is -2.39. The van der Waals surface area contributed by atoms with Gasteiger partial charge in [0.1, 0.15) is 0 Å². The van der Waals surface area contributed by atoms with Crippen molar-refractivity contribution in [1.82, 2.24) is 9.88 Å². The summed E-state index contributed by atoms with van der Waals surface area (Å²) in [5.41, 5.74) is 5.31. The molecule has 0 spiro atoms. The van der Waals surface area contributed by atoms with Gasteiger partial charge >= 0.3 is 0 Å². The number of hydrogen-bond acceptors (Lipinski definition) is 1. The van der Waals surface area contributed by atoms with Gasteiger partial charge in [-0.05, 0) is 49.7 Å². The van der Waals surface area contributed by atoms with E-state index < -0.39 is 0 Å². The van der Waals surface area contributed by atoms with Crippen LogP contribution in [0.25, 0.3) is 10.9 Å². The number of fused-ring (bicyclic) bond motifs is 3. The van der Waals surface area contributed by atoms with Crippen molar-refractivity contribution in [1.29, 1.82) is 0 Å². The van der Waals surface area contributed by atoms with Gasteiger partial charge < -0.3 is 9.88 Å². The number of benzene rings is 1. The monoisotopic (exact) mass is 352 g/mol. The van der Waals surface area contributed by atoms with Gasteiger partial charge in [-0.2, -0.15) is 0 Å². The largest absolute Gasteiger partial charge is 0.356 e. The molecular weight excluding hydrogens is 320 g/mol. The van der Waals surface area contributed by atoms with Crippen LogP contribution in [0.2, 0.25) is 0 Å². The number of para-hydroxylation sites is 1. The van der Waals surface area contributed by atoms with E-state index in [2.05, 4.69) is 48.9 Å². The number of carbonyl (C=O) groups is 1. The first-order chi connectivity index (χ1) is 12.6. The molecule has 140 valence electrons. The van der Waals surface area contributed by atoms with Crippen molar-refractivity contribution in [2.45, 2.75) is 71.8 Å². The van der Waals surface area contributed by atoms with Gasteiger partial charge in [0.2, 0.25) is 5.91 Å². The van der Waals surface area contributed by atoms with Crippen LogP contribution in [0.1, 0.15) is 75.2 Å². The van der Waals surface area contributed by atoms with Gasteiger partial charge in [0.05, 0.1) is 6.04 Å². The smallest absolute Gasteiger partial charge is 0.226 e. The van der Waals surface area contributed by atoms with Crippen LogP contribution in [0.15, 0.2) is 18.2 Å². The number of rotatable bonds is 3. The fourth-order valence-corrected chi connectivity index (χ4v) is 5.08. The van der Waals surface area contributed by atoms with Gasteiger partial charge in [-0.1, -0.05) is 51.3 Å². The first-order valence-electron chi connectivity index (χ1n) is 10.5. The van der Waals surface area contributed by atoms with Crippen molar-refractivity contribution in [3.05, 3.63) is 35.0 Å². The van der Waals surface area contributed by atoms with Crippen molar-refractivity contribution >= 4 is 16.8 Å². The first kappa shape index (κ1) is 17.6. The molecule has 1 aromatic heterocycles. The Bertz CT molecular complexity index is 798. The Hall–Kier alpha value is -1.77. The Morgan fingerprint density at radius 3 is 2.73 bits per heavy atom. The fourth-order valence-electron chi connectivity index (χ4n) is 5.08. The van der Waals surface area contributed by atoms with E-state index in [4.69, 9.17) is 0 Å². The van der Waals surface area contributed by atoms with E-state index in [1.54, 1.807) is 0 Å². The van der Waals surface area contributed by atoms with Crippen LogP contribution in [0, 0.1) is 18.8 Å². The lowest BCUT2D eigenvalue weighted by molar-refractivity contribution is -0.140. The standard InChI is InChI=1S/C23H32N2O/c1-15(2)14-20-22-19(18-11-7-8-16(3)21(18)24-22)12-13-25(20)23(26)17-9-5-4-6-10-17/h7-8,11,15,17,20,24H,4-6,9-10,12-14H2,1-3H3. The van der Waals surface area contributed by atoms with Gasteiger partial charge in [-0.25, -0.2) is 0 Å². The molecule has 3 nitrogen and oxygen atoms in total. The molecule has 1 amide bonds. The highest BCUT2D eigenvalue weighted by atomic mass is 16.2. The van der Waals surface area contributed by atoms with E-state index in [9.17, 15) is 4.79 Å². The molecule has 1 aliphatic carbocycles. The Morgan fingerprint density at radius 2 is 2.00 bits per heavy atom. The van der Waals surface area contributed by atoms with Crippen LogP contribution in [-0.4, -0.2) is 22.3 Å². The maximum absolute atomic E-state index is 13.3. The summed E-state index contributed by atoms with van der Waals surface area (Å²) in [5.74, 6) is 1.24. The molecule has 0 bridgehead atoms. The van der Waals surface area contributed by atoms with Crippen molar-refractivity contribution in [3.63, 3.8) is 0 Å². The van der Waals surface area contributed by atoms with E-state index in [-0.39, 0.29) is 12.0 Å². The molecule has 1 unspecified atom stereocenters. The lowest BCUT2D eigenvalue weighted by atomic mass is 9.85. The quantitative estimate of drug-likeness (QED) is 0.775. The Labute approximate surface area is 157 Å². The molecule has 0 saturated heterocycles. The van der Waals surface area contributed by atoms with Crippen LogP contribution < -0.4 is 0 Å². The highest BCUT2D eigenvalue weighted by Crippen LogP contribution is 2.40. The number of carbonyl (C=O) groups excluding carboxylic acids is 1. The third kappa shape index (κ3) is 3.06. The summed E-state index contributed by atoms with van der Waals surface area (Å²) in [4.78, 5) is 19.3. The minimum absolute atomic E-state index is 0.208. The van der Waals surface area contributed by atoms with E-state index in [1.807, 2.05) is 0 Å². The fraction of sp³-hybridized carbons (Fsp3) is 0.609. The second-order valence-corrected chi connectivity index (χ2v) is 8.78. The Balaban J connectivity index is 1.72. The number of aromatic amines is 1. The summed E-state index contributed by atoms with van der Waals surface area (Å²) in [7, 11) is 0. The topological polar surface area (TPSA) is 36.1 Å². The highest BCUT2D eigenvalue weighted by Gasteiger charge is 2.36. The van der Waals surface area contributed by atoms with Crippen molar-refractivity contribution < 1.29 is 4.79 Å². The van der Waals surface area contributed by atoms with E-state index in [0.29, 0.717) is 11.8 Å². The van der Waals surface area contributed by atoms with Gasteiger partial charge in [0.25, 0.3) is 0 Å². The molecule has 26 heavy (non-hydrogen) atoms. The zero-order chi connectivity index (χ0) is 18.3. The molecule has 1 N–H and O–H groups in total. The summed E-state index contributed by atoms with van der Waals surface area (Å²) in [6.45, 7) is 7.59. The highest BCUT2D eigenvalue weighted by molar-refractivity contribution is 5.88. The SMILES string of the molecule is Cc1cccc2c3c([nH]c12)C(CC(C)C)N(C(=O)C1CCCCC1)CC3. The average molecular weight is 353 g/mol. The van der Waals surface area contributed by atoms with Gasteiger partial charge in [-0.15, -0.1) is 0 Å². The number of H-pyrrole nitrogens is 1. The maximum atomic E-state index is 13.3. The van der Waals surface area contributed by atoms with Gasteiger partial charge in [-0.3, -0.25) is 4.79 Å². The third-order valence-corrected chi connectivity index (χ3v) is 6.43. The average Bonchev–Trinajstić information content (AvgIpc) is 3.03. The lowest BCUT2D eigenvalue weighted by Crippen LogP contribution is -2.44. The summed E-state index contributed by atoms with van der Waals surface area (Å²) in [5, 5.41) is 1.36. The molecule has 1 fully saturated rings. The number of nitrogens with one attached hydrogen (secondary N) is 1. The number of aromatic nitrogens is 1. The number of hydrogen-bond donors (Lipinski definition) is 1. The van der Waals surface area contributed by atoms with Crippen LogP contribution in [0.5, 0.6) is 0 Å². The summed E-state index contributed by atoms with van der Waals surface area (Å²) in [6, 6.07) is 6.78. The van der Waals surface area contributed by atoms with Gasteiger partial charge in [0, 0.05) is 29.1 Å². The summed E-state index contributed by atoms with van der Waals surface area (Å²) >= 11 is 0. The zero-order valence-corrected chi connectivity index (χ0v) is 16.5. The van der Waals surface area contributed by atoms with Crippen LogP contribution in [0.3, 0.4) is 0 Å². The first-order valence-corrected chi connectivity index (χ1v) is 10.5. The number of aryl methyl sites for hydroxylation is 1. The minimum Gasteiger partial charge on any atom is -0.356 e. The molecule has 1 aromatic carbocycles. The predicted molar refractivity (Wildman–Crippen MR) is 107 cm³/mol. The molecular formula is C23H32N2O. The van der Waals surface area contributed by atoms with E-state index >= 15 is 0 Å². The maximum Gasteiger partial charge on any atom is 0.226 e. The van der Waals surface area contributed by atoms with Gasteiger partial charge in [0.15, 0.2) is 0 Å². The van der Waals surface area contributed by atoms with Crippen LogP contribution in [0.4, 0.5) is 0 Å². The normalized spacial score (nSPS) is 21.4. The van der Waals surface area contributed by atoms with Crippen molar-refractivity contribution in [3.8, 4) is 0 Å². The molecule has 1 atom stereocenters. The molecule has 2 heterocycles. The molecule has 3 heteroatoms. The van der Waals surface area contributed by atoms with E-state index in [0.717, 1.165) is 32.2 Å². The molecule has 2 aliphatic rings. The van der Waals surface area contributed by atoms with E-state index in [1.165, 1.54) is 47.0 Å². The van der Waals surface area contributed by atoms with Crippen molar-refractivity contribution in [2.75, 3.05) is 6.54 Å². The predicted octanol–water partition coefficient (Wildman–Crippen LogP) is 5.53. The Morgan fingerprint density at radius 1 is 1.23 bits per heavy atom. The number of amides is 1. The molecule has 1 aliphatic heterocycles. The zero-order valence-electron chi connectivity index (χ0n) is 16.5. The molecule has 4 rings (SSSR count). The van der Waals surface area contributed by atoms with Crippen LogP contribution >= 0.6 is 0 Å². The number of nitrogens with zero attached hydrogens (tertiary/aromatic N) is 1. The van der Waals surface area contributed by atoms with Crippen molar-refractivity contribution in [2.24, 2.45) is 11.8 Å². The second-order valence-electron chi connectivity index (χ2n) is 8.78. The second kappa shape index (κ2) is 7.09. The molecule has 2 aromatic rings. The third-order valence-electron chi connectivity index (χ3n) is 6.43. The Kier molecular flexibility index (Phi) is 4.81. The minimum atomic E-state index is 0.208. The molecule has 1 saturated carbocycles.